The Bertz CT molecular complexity index is 1020. The molecular weight excluding hydrogens is 454 g/mol. The maximum atomic E-state index is 13.5. The van der Waals surface area contributed by atoms with Crippen molar-refractivity contribution in [2.45, 2.75) is 46.3 Å². The second kappa shape index (κ2) is 11.7. The number of ether oxygens (including phenoxy) is 1. The fourth-order valence-corrected chi connectivity index (χ4v) is 3.53. The van der Waals surface area contributed by atoms with Crippen LogP contribution >= 0.6 is 11.6 Å². The van der Waals surface area contributed by atoms with E-state index in [4.69, 9.17) is 16.3 Å². The van der Waals surface area contributed by atoms with Crippen molar-refractivity contribution in [2.24, 2.45) is 0 Å². The van der Waals surface area contributed by atoms with Crippen LogP contribution in [0.5, 0.6) is 0 Å². The first-order chi connectivity index (χ1) is 15.9. The summed E-state index contributed by atoms with van der Waals surface area (Å²) in [5.41, 5.74) is 2.18. The molecule has 1 atom stereocenters. The van der Waals surface area contributed by atoms with Crippen molar-refractivity contribution >= 4 is 35.2 Å². The first-order valence-corrected chi connectivity index (χ1v) is 11.3. The molecular formula is C26H32ClN3O4. The van der Waals surface area contributed by atoms with E-state index in [1.54, 1.807) is 45.0 Å². The number of anilines is 1. The highest BCUT2D eigenvalue weighted by Crippen LogP contribution is 2.29. The normalized spacial score (nSPS) is 11.8. The van der Waals surface area contributed by atoms with Crippen molar-refractivity contribution < 1.29 is 19.1 Å². The number of aryl methyl sites for hydroxylation is 2. The molecule has 1 unspecified atom stereocenters. The highest BCUT2D eigenvalue weighted by Gasteiger charge is 2.31. The molecule has 0 spiro atoms. The number of rotatable bonds is 8. The summed E-state index contributed by atoms with van der Waals surface area (Å²) in [7, 11) is 0. The summed E-state index contributed by atoms with van der Waals surface area (Å²) in [6.07, 6.45) is 0.808. The molecule has 0 saturated heterocycles. The van der Waals surface area contributed by atoms with Crippen molar-refractivity contribution in [1.82, 2.24) is 10.2 Å². The van der Waals surface area contributed by atoms with E-state index in [0.29, 0.717) is 16.3 Å². The molecule has 182 valence electrons. The highest BCUT2D eigenvalue weighted by molar-refractivity contribution is 6.34. The number of hydrogen-bond acceptors (Lipinski definition) is 4. The Balaban J connectivity index is 2.36. The van der Waals surface area contributed by atoms with E-state index in [1.807, 2.05) is 32.0 Å². The molecule has 8 heteroatoms. The number of alkyl carbamates (subject to hydrolysis) is 1. The molecule has 7 nitrogen and oxygen atoms in total. The molecule has 0 bridgehead atoms. The third-order valence-electron chi connectivity index (χ3n) is 4.85. The Labute approximate surface area is 206 Å². The average molecular weight is 486 g/mol. The largest absolute Gasteiger partial charge is 0.444 e. The van der Waals surface area contributed by atoms with Gasteiger partial charge >= 0.3 is 6.09 Å². The van der Waals surface area contributed by atoms with Gasteiger partial charge in [0.1, 0.15) is 18.2 Å². The van der Waals surface area contributed by atoms with Crippen LogP contribution < -0.4 is 10.6 Å². The SMILES string of the molecule is C=CCN(C(=O)CNC(=O)OC(C)(C)C)C(C(=O)Nc1c(C)cccc1Cl)c1ccc(C)cc1. The van der Waals surface area contributed by atoms with Crippen molar-refractivity contribution in [3.8, 4) is 0 Å². The van der Waals surface area contributed by atoms with Crippen molar-refractivity contribution in [1.29, 1.82) is 0 Å². The van der Waals surface area contributed by atoms with Crippen LogP contribution in [0.4, 0.5) is 10.5 Å². The maximum absolute atomic E-state index is 13.5. The van der Waals surface area contributed by atoms with Gasteiger partial charge < -0.3 is 20.3 Å². The number of benzene rings is 2. The zero-order chi connectivity index (χ0) is 25.5. The molecule has 34 heavy (non-hydrogen) atoms. The lowest BCUT2D eigenvalue weighted by Gasteiger charge is -2.31. The van der Waals surface area contributed by atoms with E-state index in [-0.39, 0.29) is 13.1 Å². The Morgan fingerprint density at radius 1 is 1.12 bits per heavy atom. The summed E-state index contributed by atoms with van der Waals surface area (Å²) in [5.74, 6) is -0.908. The van der Waals surface area contributed by atoms with Crippen LogP contribution in [0.15, 0.2) is 55.1 Å². The van der Waals surface area contributed by atoms with Gasteiger partial charge in [0.15, 0.2) is 0 Å². The van der Waals surface area contributed by atoms with E-state index in [9.17, 15) is 14.4 Å². The summed E-state index contributed by atoms with van der Waals surface area (Å²) in [5, 5.41) is 5.72. The molecule has 0 aliphatic heterocycles. The summed E-state index contributed by atoms with van der Waals surface area (Å²) in [4.78, 5) is 40.1. The summed E-state index contributed by atoms with van der Waals surface area (Å²) in [6, 6.07) is 11.6. The van der Waals surface area contributed by atoms with Gasteiger partial charge in [0.05, 0.1) is 10.7 Å². The van der Waals surface area contributed by atoms with E-state index < -0.39 is 29.6 Å². The lowest BCUT2D eigenvalue weighted by molar-refractivity contribution is -0.137. The van der Waals surface area contributed by atoms with Gasteiger partial charge in [-0.05, 0) is 51.8 Å². The number of amides is 3. The molecule has 2 N–H and O–H groups in total. The molecule has 3 amide bonds. The van der Waals surface area contributed by atoms with Gasteiger partial charge in [-0.2, -0.15) is 0 Å². The van der Waals surface area contributed by atoms with Crippen LogP contribution in [0, 0.1) is 13.8 Å². The van der Waals surface area contributed by atoms with Gasteiger partial charge in [0.2, 0.25) is 5.91 Å². The Hall–Kier alpha value is -3.32. The third kappa shape index (κ3) is 7.63. The smallest absolute Gasteiger partial charge is 0.408 e. The van der Waals surface area contributed by atoms with Gasteiger partial charge in [0.25, 0.3) is 5.91 Å². The van der Waals surface area contributed by atoms with Gasteiger partial charge in [-0.1, -0.05) is 59.6 Å². The predicted molar refractivity (Wildman–Crippen MR) is 135 cm³/mol. The van der Waals surface area contributed by atoms with E-state index in [2.05, 4.69) is 17.2 Å². The minimum Gasteiger partial charge on any atom is -0.444 e. The van der Waals surface area contributed by atoms with Crippen molar-refractivity contribution in [3.63, 3.8) is 0 Å². The summed E-state index contributed by atoms with van der Waals surface area (Å²) in [6.45, 7) is 12.4. The maximum Gasteiger partial charge on any atom is 0.408 e. The molecule has 0 aliphatic rings. The lowest BCUT2D eigenvalue weighted by Crippen LogP contribution is -2.46. The van der Waals surface area contributed by atoms with Gasteiger partial charge in [-0.3, -0.25) is 9.59 Å². The van der Waals surface area contributed by atoms with Crippen LogP contribution in [0.25, 0.3) is 0 Å². The van der Waals surface area contributed by atoms with Gasteiger partial charge in [-0.25, -0.2) is 4.79 Å². The monoisotopic (exact) mass is 485 g/mol. The van der Waals surface area contributed by atoms with E-state index in [0.717, 1.165) is 11.1 Å². The second-order valence-corrected chi connectivity index (χ2v) is 9.33. The van der Waals surface area contributed by atoms with Crippen LogP contribution in [-0.2, 0) is 14.3 Å². The zero-order valence-corrected chi connectivity index (χ0v) is 21.0. The zero-order valence-electron chi connectivity index (χ0n) is 20.3. The lowest BCUT2D eigenvalue weighted by atomic mass is 10.0. The van der Waals surface area contributed by atoms with Crippen LogP contribution in [0.2, 0.25) is 5.02 Å². The van der Waals surface area contributed by atoms with E-state index >= 15 is 0 Å². The molecule has 0 saturated carbocycles. The van der Waals surface area contributed by atoms with Gasteiger partial charge in [0, 0.05) is 6.54 Å². The fraction of sp³-hybridized carbons (Fsp3) is 0.346. The number of nitrogens with zero attached hydrogens (tertiary/aromatic N) is 1. The molecule has 2 aromatic rings. The minimum absolute atomic E-state index is 0.0856. The molecule has 0 fully saturated rings. The number of hydrogen-bond donors (Lipinski definition) is 2. The first-order valence-electron chi connectivity index (χ1n) is 10.9. The predicted octanol–water partition coefficient (Wildman–Crippen LogP) is 5.18. The molecule has 0 radical (unpaired) electrons. The Kier molecular flexibility index (Phi) is 9.27. The average Bonchev–Trinajstić information content (AvgIpc) is 2.74. The topological polar surface area (TPSA) is 87.7 Å². The minimum atomic E-state index is -0.984. The Morgan fingerprint density at radius 2 is 1.76 bits per heavy atom. The molecule has 0 aliphatic carbocycles. The third-order valence-corrected chi connectivity index (χ3v) is 5.17. The molecule has 2 rings (SSSR count). The Morgan fingerprint density at radius 3 is 2.32 bits per heavy atom. The van der Waals surface area contributed by atoms with Crippen molar-refractivity contribution in [3.05, 3.63) is 76.8 Å². The quantitative estimate of drug-likeness (QED) is 0.504. The van der Waals surface area contributed by atoms with E-state index in [1.165, 1.54) is 11.0 Å². The second-order valence-electron chi connectivity index (χ2n) is 8.92. The summed E-state index contributed by atoms with van der Waals surface area (Å²) < 4.78 is 5.20. The fourth-order valence-electron chi connectivity index (χ4n) is 3.26. The van der Waals surface area contributed by atoms with Gasteiger partial charge in [-0.15, -0.1) is 6.58 Å². The van der Waals surface area contributed by atoms with Crippen LogP contribution in [0.3, 0.4) is 0 Å². The summed E-state index contributed by atoms with van der Waals surface area (Å²) >= 11 is 6.31. The first kappa shape index (κ1) is 26.9. The number of nitrogens with one attached hydrogen (secondary N) is 2. The highest BCUT2D eigenvalue weighted by atomic mass is 35.5. The number of carbonyl (C=O) groups excluding carboxylic acids is 3. The van der Waals surface area contributed by atoms with Crippen molar-refractivity contribution in [2.75, 3.05) is 18.4 Å². The van der Waals surface area contributed by atoms with Crippen LogP contribution in [-0.4, -0.2) is 41.5 Å². The molecule has 0 heterocycles. The molecule has 2 aromatic carbocycles. The number of halogens is 1. The number of carbonyl (C=O) groups is 3. The number of para-hydroxylation sites is 1. The molecule has 0 aromatic heterocycles. The standard InChI is InChI=1S/C26H32ClN3O4/c1-7-15-30(21(31)16-28-25(33)34-26(4,5)6)23(19-13-11-17(2)12-14-19)24(32)29-22-18(3)9-8-10-20(22)27/h7-14,23H,1,15-16H2,2-6H3,(H,28,33)(H,29,32). The van der Waals surface area contributed by atoms with Crippen LogP contribution in [0.1, 0.15) is 43.5 Å².